The molecular weight excluding hydrogens is 326 g/mol. The summed E-state index contributed by atoms with van der Waals surface area (Å²) in [4.78, 5) is 24.3. The van der Waals surface area contributed by atoms with Crippen LogP contribution in [0.4, 0.5) is 0 Å². The third kappa shape index (κ3) is 4.35. The van der Waals surface area contributed by atoms with Gasteiger partial charge in [0, 0.05) is 23.9 Å². The van der Waals surface area contributed by atoms with Crippen LogP contribution in [0.25, 0.3) is 0 Å². The van der Waals surface area contributed by atoms with E-state index in [1.165, 1.54) is 11.4 Å². The van der Waals surface area contributed by atoms with Gasteiger partial charge in [0.2, 0.25) is 11.8 Å². The smallest absolute Gasteiger partial charge is 0.243 e. The van der Waals surface area contributed by atoms with Crippen molar-refractivity contribution in [1.82, 2.24) is 10.3 Å². The molecular formula is C18H22ClN3O2. The summed E-state index contributed by atoms with van der Waals surface area (Å²) >= 11 is 5.91. The molecule has 1 aromatic carbocycles. The highest BCUT2D eigenvalue weighted by Gasteiger charge is 2.24. The van der Waals surface area contributed by atoms with Gasteiger partial charge in [-0.1, -0.05) is 43.0 Å². The van der Waals surface area contributed by atoms with Crippen molar-refractivity contribution in [2.75, 3.05) is 6.54 Å². The van der Waals surface area contributed by atoms with Crippen molar-refractivity contribution in [3.63, 3.8) is 0 Å². The number of hydrazone groups is 1. The molecule has 1 N–H and O–H groups in total. The maximum absolute atomic E-state index is 12.2. The summed E-state index contributed by atoms with van der Waals surface area (Å²) in [5, 5.41) is 9.38. The number of halogens is 1. The van der Waals surface area contributed by atoms with Crippen LogP contribution in [0.2, 0.25) is 5.02 Å². The van der Waals surface area contributed by atoms with Gasteiger partial charge in [-0.15, -0.1) is 0 Å². The van der Waals surface area contributed by atoms with Crippen molar-refractivity contribution in [1.29, 1.82) is 0 Å². The average molecular weight is 348 g/mol. The largest absolute Gasteiger partial charge is 0.352 e. The molecule has 1 aliphatic carbocycles. The molecule has 3 rings (SSSR count). The minimum absolute atomic E-state index is 0.00752. The summed E-state index contributed by atoms with van der Waals surface area (Å²) in [6.45, 7) is -0.00752. The first-order valence-corrected chi connectivity index (χ1v) is 8.93. The topological polar surface area (TPSA) is 61.8 Å². The fraction of sp³-hybridized carbons (Fsp3) is 0.500. The lowest BCUT2D eigenvalue weighted by molar-refractivity contribution is -0.136. The number of carbonyl (C=O) groups is 2. The van der Waals surface area contributed by atoms with Gasteiger partial charge >= 0.3 is 0 Å². The van der Waals surface area contributed by atoms with E-state index >= 15 is 0 Å². The highest BCUT2D eigenvalue weighted by Crippen LogP contribution is 2.19. The second-order valence-electron chi connectivity index (χ2n) is 6.41. The molecule has 0 spiro atoms. The van der Waals surface area contributed by atoms with Crippen LogP contribution < -0.4 is 5.32 Å². The Bertz CT molecular complexity index is 636. The lowest BCUT2D eigenvalue weighted by atomic mass is 9.95. The van der Waals surface area contributed by atoms with Gasteiger partial charge in [-0.05, 0) is 30.5 Å². The van der Waals surface area contributed by atoms with Crippen LogP contribution >= 0.6 is 11.6 Å². The fourth-order valence-electron chi connectivity index (χ4n) is 3.23. The minimum atomic E-state index is -0.128. The van der Waals surface area contributed by atoms with Gasteiger partial charge in [-0.25, -0.2) is 5.01 Å². The Morgan fingerprint density at radius 3 is 2.58 bits per heavy atom. The predicted octanol–water partition coefficient (Wildman–Crippen LogP) is 3.12. The van der Waals surface area contributed by atoms with E-state index in [0.29, 0.717) is 17.9 Å². The quantitative estimate of drug-likeness (QED) is 0.909. The van der Waals surface area contributed by atoms with Crippen molar-refractivity contribution in [2.45, 2.75) is 51.0 Å². The van der Waals surface area contributed by atoms with Crippen molar-refractivity contribution in [3.8, 4) is 0 Å². The van der Waals surface area contributed by atoms with Gasteiger partial charge in [-0.3, -0.25) is 9.59 Å². The molecule has 1 aliphatic heterocycles. The maximum Gasteiger partial charge on any atom is 0.243 e. The maximum atomic E-state index is 12.2. The van der Waals surface area contributed by atoms with Gasteiger partial charge in [0.25, 0.3) is 0 Å². The van der Waals surface area contributed by atoms with E-state index in [1.54, 1.807) is 12.1 Å². The zero-order valence-electron chi connectivity index (χ0n) is 13.6. The van der Waals surface area contributed by atoms with Crippen LogP contribution in [-0.2, 0) is 9.59 Å². The number of amides is 2. The second-order valence-corrected chi connectivity index (χ2v) is 6.84. The van der Waals surface area contributed by atoms with Crippen molar-refractivity contribution in [3.05, 3.63) is 34.9 Å². The Labute approximate surface area is 147 Å². The first kappa shape index (κ1) is 17.0. The van der Waals surface area contributed by atoms with Crippen LogP contribution in [0.1, 0.15) is 50.5 Å². The molecule has 1 heterocycles. The zero-order chi connectivity index (χ0) is 16.9. The molecule has 128 valence electrons. The Balaban J connectivity index is 1.64. The van der Waals surface area contributed by atoms with Crippen molar-refractivity contribution < 1.29 is 9.59 Å². The third-order valence-electron chi connectivity index (χ3n) is 4.55. The summed E-state index contributed by atoms with van der Waals surface area (Å²) in [5.74, 6) is -0.233. The summed E-state index contributed by atoms with van der Waals surface area (Å²) < 4.78 is 0. The molecule has 0 saturated heterocycles. The molecule has 0 bridgehead atoms. The third-order valence-corrected chi connectivity index (χ3v) is 4.80. The molecule has 1 saturated carbocycles. The van der Waals surface area contributed by atoms with Crippen LogP contribution in [0.5, 0.6) is 0 Å². The molecule has 1 aromatic rings. The predicted molar refractivity (Wildman–Crippen MR) is 94.0 cm³/mol. The highest BCUT2D eigenvalue weighted by molar-refractivity contribution is 6.30. The zero-order valence-corrected chi connectivity index (χ0v) is 14.4. The number of nitrogens with one attached hydrogen (secondary N) is 1. The van der Waals surface area contributed by atoms with Gasteiger partial charge < -0.3 is 5.32 Å². The minimum Gasteiger partial charge on any atom is -0.352 e. The lowest BCUT2D eigenvalue weighted by Crippen LogP contribution is -2.44. The monoisotopic (exact) mass is 347 g/mol. The molecule has 2 amide bonds. The van der Waals surface area contributed by atoms with Crippen LogP contribution in [-0.4, -0.2) is 35.1 Å². The Kier molecular flexibility index (Phi) is 5.51. The molecule has 0 aromatic heterocycles. The molecule has 0 unspecified atom stereocenters. The van der Waals surface area contributed by atoms with Crippen molar-refractivity contribution >= 4 is 29.1 Å². The van der Waals surface area contributed by atoms with Gasteiger partial charge in [-0.2, -0.15) is 5.10 Å². The van der Waals surface area contributed by atoms with Crippen LogP contribution in [0.15, 0.2) is 29.4 Å². The summed E-state index contributed by atoms with van der Waals surface area (Å²) in [6, 6.07) is 7.62. The molecule has 24 heavy (non-hydrogen) atoms. The van der Waals surface area contributed by atoms with E-state index in [4.69, 9.17) is 11.6 Å². The van der Waals surface area contributed by atoms with Crippen LogP contribution in [0, 0.1) is 0 Å². The lowest BCUT2D eigenvalue weighted by Gasteiger charge is -2.26. The molecule has 1 fully saturated rings. The van der Waals surface area contributed by atoms with E-state index in [9.17, 15) is 9.59 Å². The van der Waals surface area contributed by atoms with E-state index in [2.05, 4.69) is 10.4 Å². The summed E-state index contributed by atoms with van der Waals surface area (Å²) in [6.07, 6.45) is 6.57. The molecule has 5 nitrogen and oxygen atoms in total. The number of hydrogen-bond donors (Lipinski definition) is 1. The number of benzene rings is 1. The first-order chi connectivity index (χ1) is 11.6. The Morgan fingerprint density at radius 2 is 1.88 bits per heavy atom. The van der Waals surface area contributed by atoms with Gasteiger partial charge in [0.05, 0.1) is 5.71 Å². The van der Waals surface area contributed by atoms with E-state index in [-0.39, 0.29) is 24.4 Å². The van der Waals surface area contributed by atoms with Gasteiger partial charge in [0.15, 0.2) is 0 Å². The fourth-order valence-corrected chi connectivity index (χ4v) is 3.36. The molecule has 6 heteroatoms. The van der Waals surface area contributed by atoms with E-state index < -0.39 is 0 Å². The standard InChI is InChI=1S/C18H22ClN3O2/c19-14-8-6-13(7-9-14)16-10-11-18(24)22(21-16)12-17(23)20-15-4-2-1-3-5-15/h6-9,15H,1-5,10-12H2,(H,20,23). The molecule has 0 radical (unpaired) electrons. The first-order valence-electron chi connectivity index (χ1n) is 8.55. The number of rotatable bonds is 4. The SMILES string of the molecule is O=C(CN1N=C(c2ccc(Cl)cc2)CCC1=O)NC1CCCCC1. The highest BCUT2D eigenvalue weighted by atomic mass is 35.5. The Hall–Kier alpha value is -1.88. The average Bonchev–Trinajstić information content (AvgIpc) is 2.58. The summed E-state index contributed by atoms with van der Waals surface area (Å²) in [7, 11) is 0. The number of carbonyl (C=O) groups excluding carboxylic acids is 2. The number of hydrogen-bond acceptors (Lipinski definition) is 3. The molecule has 2 aliphatic rings. The van der Waals surface area contributed by atoms with E-state index in [0.717, 1.165) is 37.0 Å². The van der Waals surface area contributed by atoms with Crippen molar-refractivity contribution in [2.24, 2.45) is 5.10 Å². The van der Waals surface area contributed by atoms with Crippen LogP contribution in [0.3, 0.4) is 0 Å². The normalized spacial score (nSPS) is 19.1. The van der Waals surface area contributed by atoms with Gasteiger partial charge in [0.1, 0.15) is 6.54 Å². The Morgan fingerprint density at radius 1 is 1.17 bits per heavy atom. The molecule has 0 atom stereocenters. The summed E-state index contributed by atoms with van der Waals surface area (Å²) in [5.41, 5.74) is 1.75. The number of nitrogens with zero attached hydrogens (tertiary/aromatic N) is 2. The van der Waals surface area contributed by atoms with E-state index in [1.807, 2.05) is 12.1 Å². The second kappa shape index (κ2) is 7.79.